The molecule has 1 heterocycles. The Morgan fingerprint density at radius 3 is 2.25 bits per heavy atom. The number of hydrogen-bond acceptors (Lipinski definition) is 4. The monoisotopic (exact) mass is 333 g/mol. The summed E-state index contributed by atoms with van der Waals surface area (Å²) in [4.78, 5) is 4.85. The zero-order valence-corrected chi connectivity index (χ0v) is 15.8. The molecule has 0 bridgehead atoms. The Bertz CT molecular complexity index is 464. The average molecular weight is 334 g/mol. The summed E-state index contributed by atoms with van der Waals surface area (Å²) in [5.41, 5.74) is 2.61. The number of hydrogen-bond donors (Lipinski definition) is 2. The molecule has 2 rings (SSSR count). The Hall–Kier alpha value is -1.10. The molecule has 0 aliphatic carbocycles. The lowest BCUT2D eigenvalue weighted by Gasteiger charge is -2.31. The molecule has 1 aliphatic heterocycles. The van der Waals surface area contributed by atoms with Crippen LogP contribution in [0.25, 0.3) is 0 Å². The molecule has 24 heavy (non-hydrogen) atoms. The molecule has 0 radical (unpaired) electrons. The van der Waals surface area contributed by atoms with Crippen molar-refractivity contribution in [2.75, 3.05) is 37.6 Å². The second kappa shape index (κ2) is 9.40. The summed E-state index contributed by atoms with van der Waals surface area (Å²) in [5.74, 6) is 0. The van der Waals surface area contributed by atoms with E-state index in [9.17, 15) is 5.11 Å². The first-order valence-corrected chi connectivity index (χ1v) is 9.55. The van der Waals surface area contributed by atoms with Crippen molar-refractivity contribution in [3.8, 4) is 0 Å². The zero-order chi connectivity index (χ0) is 17.5. The van der Waals surface area contributed by atoms with Crippen LogP contribution in [0.3, 0.4) is 0 Å². The highest BCUT2D eigenvalue weighted by Crippen LogP contribution is 2.22. The fourth-order valence-electron chi connectivity index (χ4n) is 3.54. The van der Waals surface area contributed by atoms with Gasteiger partial charge in [0.1, 0.15) is 0 Å². The van der Waals surface area contributed by atoms with Crippen LogP contribution in [0.15, 0.2) is 24.3 Å². The lowest BCUT2D eigenvalue weighted by atomic mass is 10.0. The number of aliphatic hydroxyl groups is 1. The van der Waals surface area contributed by atoms with Crippen molar-refractivity contribution in [2.24, 2.45) is 0 Å². The maximum absolute atomic E-state index is 9.63. The minimum absolute atomic E-state index is 0.113. The summed E-state index contributed by atoms with van der Waals surface area (Å²) in [7, 11) is 0. The van der Waals surface area contributed by atoms with Gasteiger partial charge in [-0.15, -0.1) is 0 Å². The third-order valence-corrected chi connectivity index (χ3v) is 5.38. The highest BCUT2D eigenvalue weighted by molar-refractivity contribution is 5.48. The van der Waals surface area contributed by atoms with Crippen molar-refractivity contribution in [2.45, 2.75) is 58.7 Å². The smallest absolute Gasteiger partial charge is 0.0574 e. The molecule has 2 N–H and O–H groups in total. The number of rotatable bonds is 8. The lowest BCUT2D eigenvalue weighted by Crippen LogP contribution is -2.40. The van der Waals surface area contributed by atoms with E-state index in [0.717, 1.165) is 45.6 Å². The number of likely N-dealkylation sites (N-methyl/N-ethyl adjacent to an activating group) is 1. The van der Waals surface area contributed by atoms with Gasteiger partial charge in [-0.05, 0) is 57.5 Å². The quantitative estimate of drug-likeness (QED) is 0.767. The van der Waals surface area contributed by atoms with E-state index in [2.05, 4.69) is 67.1 Å². The second-order valence-electron chi connectivity index (χ2n) is 7.01. The van der Waals surface area contributed by atoms with Crippen LogP contribution in [-0.4, -0.2) is 54.9 Å². The highest BCUT2D eigenvalue weighted by Gasteiger charge is 2.17. The predicted octanol–water partition coefficient (Wildman–Crippen LogP) is 3.03. The van der Waals surface area contributed by atoms with Crippen molar-refractivity contribution in [3.63, 3.8) is 0 Å². The molecule has 0 amide bonds. The molecule has 1 aromatic carbocycles. The third kappa shape index (κ3) is 5.20. The number of nitrogens with zero attached hydrogens (tertiary/aromatic N) is 2. The van der Waals surface area contributed by atoms with Gasteiger partial charge in [0, 0.05) is 37.4 Å². The van der Waals surface area contributed by atoms with Gasteiger partial charge in [0.15, 0.2) is 0 Å². The van der Waals surface area contributed by atoms with E-state index in [-0.39, 0.29) is 6.10 Å². The van der Waals surface area contributed by atoms with Gasteiger partial charge < -0.3 is 15.3 Å². The number of nitrogens with one attached hydrogen (secondary N) is 1. The molecule has 1 fully saturated rings. The van der Waals surface area contributed by atoms with Gasteiger partial charge in [-0.1, -0.05) is 26.0 Å². The summed E-state index contributed by atoms with van der Waals surface area (Å²) >= 11 is 0. The number of anilines is 1. The maximum Gasteiger partial charge on any atom is 0.0574 e. The molecule has 0 aromatic heterocycles. The molecule has 4 heteroatoms. The summed E-state index contributed by atoms with van der Waals surface area (Å²) < 4.78 is 0. The molecule has 0 saturated carbocycles. The zero-order valence-electron chi connectivity index (χ0n) is 15.8. The van der Waals surface area contributed by atoms with Crippen molar-refractivity contribution < 1.29 is 5.11 Å². The van der Waals surface area contributed by atoms with Crippen LogP contribution < -0.4 is 10.2 Å². The predicted molar refractivity (Wildman–Crippen MR) is 103 cm³/mol. The number of aliphatic hydroxyl groups excluding tert-OH is 1. The summed E-state index contributed by atoms with van der Waals surface area (Å²) in [6.07, 6.45) is 1.64. The minimum Gasteiger partial charge on any atom is -0.393 e. The van der Waals surface area contributed by atoms with Crippen LogP contribution in [0.1, 0.15) is 52.1 Å². The summed E-state index contributed by atoms with van der Waals surface area (Å²) in [5, 5.41) is 13.3. The SMILES string of the molecule is CCN(CC)C(C)CNC(C)c1ccc(N2CCC(O)CC2)cc1. The molecule has 2 unspecified atom stereocenters. The van der Waals surface area contributed by atoms with Crippen LogP contribution in [0, 0.1) is 0 Å². The van der Waals surface area contributed by atoms with Crippen LogP contribution in [0.5, 0.6) is 0 Å². The van der Waals surface area contributed by atoms with Crippen molar-refractivity contribution in [3.05, 3.63) is 29.8 Å². The van der Waals surface area contributed by atoms with Crippen molar-refractivity contribution in [1.82, 2.24) is 10.2 Å². The molecule has 0 spiro atoms. The minimum atomic E-state index is -0.113. The first-order chi connectivity index (χ1) is 11.5. The van der Waals surface area contributed by atoms with Gasteiger partial charge >= 0.3 is 0 Å². The second-order valence-corrected chi connectivity index (χ2v) is 7.01. The Balaban J connectivity index is 1.85. The standard InChI is InChI=1S/C20H35N3O/c1-5-22(6-2)16(3)15-21-17(4)18-7-9-19(10-8-18)23-13-11-20(24)12-14-23/h7-10,16-17,20-21,24H,5-6,11-15H2,1-4H3. The van der Waals surface area contributed by atoms with E-state index >= 15 is 0 Å². The molecular weight excluding hydrogens is 298 g/mol. The molecule has 136 valence electrons. The van der Waals surface area contributed by atoms with Crippen LogP contribution in [0.2, 0.25) is 0 Å². The first kappa shape index (κ1) is 19.2. The normalized spacial score (nSPS) is 18.8. The van der Waals surface area contributed by atoms with E-state index in [1.165, 1.54) is 11.3 Å². The van der Waals surface area contributed by atoms with Gasteiger partial charge in [0.05, 0.1) is 6.10 Å². The number of piperidine rings is 1. The molecular formula is C20H35N3O. The van der Waals surface area contributed by atoms with E-state index in [4.69, 9.17) is 0 Å². The number of benzene rings is 1. The lowest BCUT2D eigenvalue weighted by molar-refractivity contribution is 0.145. The molecule has 1 aromatic rings. The van der Waals surface area contributed by atoms with Crippen molar-refractivity contribution >= 4 is 5.69 Å². The average Bonchev–Trinajstić information content (AvgIpc) is 2.61. The summed E-state index contributed by atoms with van der Waals surface area (Å²) in [6, 6.07) is 9.83. The molecule has 1 saturated heterocycles. The Labute approximate surface area is 147 Å². The molecule has 2 atom stereocenters. The van der Waals surface area contributed by atoms with Crippen molar-refractivity contribution in [1.29, 1.82) is 0 Å². The maximum atomic E-state index is 9.63. The summed E-state index contributed by atoms with van der Waals surface area (Å²) in [6.45, 7) is 14.1. The molecule has 1 aliphatic rings. The van der Waals surface area contributed by atoms with E-state index in [1.807, 2.05) is 0 Å². The topological polar surface area (TPSA) is 38.7 Å². The fourth-order valence-corrected chi connectivity index (χ4v) is 3.54. The van der Waals surface area contributed by atoms with E-state index in [1.54, 1.807) is 0 Å². The van der Waals surface area contributed by atoms with Crippen LogP contribution in [0.4, 0.5) is 5.69 Å². The fraction of sp³-hybridized carbons (Fsp3) is 0.700. The highest BCUT2D eigenvalue weighted by atomic mass is 16.3. The Kier molecular flexibility index (Phi) is 7.53. The third-order valence-electron chi connectivity index (χ3n) is 5.38. The Morgan fingerprint density at radius 2 is 1.71 bits per heavy atom. The van der Waals surface area contributed by atoms with Crippen LogP contribution >= 0.6 is 0 Å². The van der Waals surface area contributed by atoms with E-state index in [0.29, 0.717) is 12.1 Å². The van der Waals surface area contributed by atoms with Gasteiger partial charge in [0.2, 0.25) is 0 Å². The first-order valence-electron chi connectivity index (χ1n) is 9.55. The Morgan fingerprint density at radius 1 is 1.12 bits per heavy atom. The van der Waals surface area contributed by atoms with Gasteiger partial charge in [-0.2, -0.15) is 0 Å². The largest absolute Gasteiger partial charge is 0.393 e. The van der Waals surface area contributed by atoms with Gasteiger partial charge in [-0.3, -0.25) is 4.90 Å². The van der Waals surface area contributed by atoms with Crippen LogP contribution in [-0.2, 0) is 0 Å². The van der Waals surface area contributed by atoms with Gasteiger partial charge in [-0.25, -0.2) is 0 Å². The van der Waals surface area contributed by atoms with E-state index < -0.39 is 0 Å². The van der Waals surface area contributed by atoms with Gasteiger partial charge in [0.25, 0.3) is 0 Å². The molecule has 4 nitrogen and oxygen atoms in total.